The molecule has 0 amide bonds. The second kappa shape index (κ2) is 12.3. The Morgan fingerprint density at radius 3 is 1.06 bits per heavy atom. The van der Waals surface area contributed by atoms with Gasteiger partial charge in [0.1, 0.15) is 0 Å². The Labute approximate surface area is 314 Å². The zero-order chi connectivity index (χ0) is 35.6. The molecule has 0 aliphatic heterocycles. The predicted octanol–water partition coefficient (Wildman–Crippen LogP) is 15.3. The third-order valence-electron chi connectivity index (χ3n) is 11.4. The average Bonchev–Trinajstić information content (AvgIpc) is 3.24. The highest BCUT2D eigenvalue weighted by Gasteiger charge is 2.24. The van der Waals surface area contributed by atoms with Gasteiger partial charge in [0.25, 0.3) is 0 Å². The number of hydrogen-bond donors (Lipinski definition) is 0. The van der Waals surface area contributed by atoms with E-state index in [9.17, 15) is 0 Å². The van der Waals surface area contributed by atoms with Gasteiger partial charge in [0, 0.05) is 0 Å². The van der Waals surface area contributed by atoms with Gasteiger partial charge in [0.05, 0.1) is 0 Å². The highest BCUT2D eigenvalue weighted by Crippen LogP contribution is 2.51. The van der Waals surface area contributed by atoms with Gasteiger partial charge < -0.3 is 0 Å². The molecule has 11 aromatic rings. The molecule has 0 bridgehead atoms. The van der Waals surface area contributed by atoms with Crippen molar-refractivity contribution in [2.45, 2.75) is 0 Å². The van der Waals surface area contributed by atoms with E-state index in [2.05, 4.69) is 206 Å². The van der Waals surface area contributed by atoms with Crippen LogP contribution in [-0.4, -0.2) is 0 Å². The first-order valence-electron chi connectivity index (χ1n) is 18.8. The fraction of sp³-hybridized carbons (Fsp3) is 0. The second-order valence-electron chi connectivity index (χ2n) is 14.4. The van der Waals surface area contributed by atoms with Gasteiger partial charge in [0.2, 0.25) is 0 Å². The summed E-state index contributed by atoms with van der Waals surface area (Å²) in [6, 6.07) is 76.4. The zero-order valence-electron chi connectivity index (χ0n) is 29.6. The summed E-state index contributed by atoms with van der Waals surface area (Å²) in [6.07, 6.45) is 0. The van der Waals surface area contributed by atoms with Gasteiger partial charge in [0.15, 0.2) is 0 Å². The van der Waals surface area contributed by atoms with Gasteiger partial charge in [-0.25, -0.2) is 0 Å². The van der Waals surface area contributed by atoms with Crippen LogP contribution in [0.25, 0.3) is 109 Å². The van der Waals surface area contributed by atoms with E-state index in [0.29, 0.717) is 0 Å². The first-order chi connectivity index (χ1) is 26.8. The molecule has 0 saturated carbocycles. The van der Waals surface area contributed by atoms with Crippen molar-refractivity contribution in [3.8, 4) is 44.5 Å². The smallest absolute Gasteiger partial charge is 0.000764 e. The lowest BCUT2D eigenvalue weighted by Gasteiger charge is -2.24. The normalized spacial score (nSPS) is 11.7. The maximum Gasteiger partial charge on any atom is -0.000764 e. The molecule has 0 atom stereocenters. The van der Waals surface area contributed by atoms with Crippen LogP contribution < -0.4 is 0 Å². The van der Waals surface area contributed by atoms with E-state index in [4.69, 9.17) is 0 Å². The van der Waals surface area contributed by atoms with Gasteiger partial charge in [-0.3, -0.25) is 0 Å². The number of hydrogen-bond acceptors (Lipinski definition) is 0. The maximum atomic E-state index is 2.37. The van der Waals surface area contributed by atoms with Crippen LogP contribution >= 0.6 is 0 Å². The molecule has 0 spiro atoms. The third-order valence-corrected chi connectivity index (χ3v) is 11.4. The molecule has 0 unspecified atom stereocenters. The number of rotatable bonds is 4. The third kappa shape index (κ3) is 4.78. The van der Waals surface area contributed by atoms with E-state index < -0.39 is 0 Å². The lowest BCUT2D eigenvalue weighted by Crippen LogP contribution is -1.96. The van der Waals surface area contributed by atoms with Crippen molar-refractivity contribution in [3.63, 3.8) is 0 Å². The number of fused-ring (bicyclic) bond motifs is 6. The minimum atomic E-state index is 1.21. The molecule has 0 heteroatoms. The van der Waals surface area contributed by atoms with Crippen LogP contribution in [0.4, 0.5) is 0 Å². The van der Waals surface area contributed by atoms with Crippen LogP contribution in [0.1, 0.15) is 0 Å². The van der Waals surface area contributed by atoms with Crippen LogP contribution in [-0.2, 0) is 0 Å². The van der Waals surface area contributed by atoms with Crippen LogP contribution in [0.2, 0.25) is 0 Å². The Kier molecular flexibility index (Phi) is 6.97. The number of benzene rings is 11. The average molecular weight is 683 g/mol. The lowest BCUT2D eigenvalue weighted by atomic mass is 9.79. The van der Waals surface area contributed by atoms with Crippen LogP contribution in [0, 0.1) is 0 Å². The van der Waals surface area contributed by atoms with Gasteiger partial charge in [-0.2, -0.15) is 0 Å². The van der Waals surface area contributed by atoms with Crippen molar-refractivity contribution in [2.75, 3.05) is 0 Å². The molecule has 0 aliphatic rings. The zero-order valence-corrected chi connectivity index (χ0v) is 29.6. The Hall–Kier alpha value is -7.02. The van der Waals surface area contributed by atoms with Crippen molar-refractivity contribution >= 4 is 64.6 Å². The van der Waals surface area contributed by atoms with Gasteiger partial charge >= 0.3 is 0 Å². The molecule has 11 aromatic carbocycles. The quantitative estimate of drug-likeness (QED) is 0.162. The van der Waals surface area contributed by atoms with Crippen molar-refractivity contribution in [1.82, 2.24) is 0 Å². The fourth-order valence-corrected chi connectivity index (χ4v) is 8.97. The molecule has 0 radical (unpaired) electrons. The summed E-state index contributed by atoms with van der Waals surface area (Å²) >= 11 is 0. The summed E-state index contributed by atoms with van der Waals surface area (Å²) < 4.78 is 0. The lowest BCUT2D eigenvalue weighted by molar-refractivity contribution is 1.65. The summed E-state index contributed by atoms with van der Waals surface area (Å²) in [7, 11) is 0. The van der Waals surface area contributed by atoms with Crippen molar-refractivity contribution in [3.05, 3.63) is 206 Å². The molecule has 11 rings (SSSR count). The summed E-state index contributed by atoms with van der Waals surface area (Å²) in [5.41, 5.74) is 9.93. The molecular weight excluding hydrogens is 649 g/mol. The molecule has 0 heterocycles. The molecule has 0 nitrogen and oxygen atoms in total. The highest BCUT2D eigenvalue weighted by atomic mass is 14.3. The van der Waals surface area contributed by atoms with E-state index in [0.717, 1.165) is 0 Å². The van der Waals surface area contributed by atoms with Crippen molar-refractivity contribution in [1.29, 1.82) is 0 Å². The van der Waals surface area contributed by atoms with Crippen LogP contribution in [0.5, 0.6) is 0 Å². The largest absolute Gasteiger partial charge is 0.0616 e. The first kappa shape index (κ1) is 30.6. The molecule has 54 heavy (non-hydrogen) atoms. The van der Waals surface area contributed by atoms with E-state index in [-0.39, 0.29) is 0 Å². The SMILES string of the molecule is c1ccc2cc(-c3cccc4c(-c5cccc6ccccc56)c5cccc(-c6ccc7ccccc7c6)c5c(-c5cccc6ccccc56)c34)ccc2c1. The first-order valence-corrected chi connectivity index (χ1v) is 18.8. The summed E-state index contributed by atoms with van der Waals surface area (Å²) in [6.45, 7) is 0. The summed E-state index contributed by atoms with van der Waals surface area (Å²) in [4.78, 5) is 0. The monoisotopic (exact) mass is 682 g/mol. The maximum absolute atomic E-state index is 2.37. The van der Waals surface area contributed by atoms with E-state index in [1.165, 1.54) is 109 Å². The van der Waals surface area contributed by atoms with Crippen molar-refractivity contribution in [2.24, 2.45) is 0 Å². The van der Waals surface area contributed by atoms with Gasteiger partial charge in [-0.15, -0.1) is 0 Å². The van der Waals surface area contributed by atoms with Gasteiger partial charge in [-0.05, 0) is 121 Å². The Morgan fingerprint density at radius 2 is 0.556 bits per heavy atom. The molecule has 0 aromatic heterocycles. The van der Waals surface area contributed by atoms with E-state index in [1.807, 2.05) is 0 Å². The molecule has 0 fully saturated rings. The van der Waals surface area contributed by atoms with Crippen molar-refractivity contribution < 1.29 is 0 Å². The molecule has 250 valence electrons. The Morgan fingerprint density at radius 1 is 0.204 bits per heavy atom. The molecule has 0 N–H and O–H groups in total. The minimum absolute atomic E-state index is 1.21. The Bertz CT molecular complexity index is 3120. The molecule has 0 saturated heterocycles. The standard InChI is InChI=1S/C54H34/c1-3-17-39-33-41(31-29-35(39)13-1)45-23-11-27-49-51(47-25-9-19-37-15-5-7-21-43(37)47)50-28-12-24-46(42-32-30-36-14-2-4-18-40(36)34-42)53(50)54(52(45)49)48-26-10-20-38-16-6-8-22-44(38)48/h1-34H. The summed E-state index contributed by atoms with van der Waals surface area (Å²) in [5.74, 6) is 0. The van der Waals surface area contributed by atoms with Crippen LogP contribution in [0.3, 0.4) is 0 Å². The fourth-order valence-electron chi connectivity index (χ4n) is 8.97. The molecular formula is C54H34. The highest BCUT2D eigenvalue weighted by molar-refractivity contribution is 6.30. The predicted molar refractivity (Wildman–Crippen MR) is 233 cm³/mol. The van der Waals surface area contributed by atoms with E-state index in [1.54, 1.807) is 0 Å². The molecule has 0 aliphatic carbocycles. The van der Waals surface area contributed by atoms with E-state index >= 15 is 0 Å². The van der Waals surface area contributed by atoms with Crippen LogP contribution in [0.15, 0.2) is 206 Å². The minimum Gasteiger partial charge on any atom is -0.0616 e. The summed E-state index contributed by atoms with van der Waals surface area (Å²) in [5, 5.41) is 15.0. The van der Waals surface area contributed by atoms with Gasteiger partial charge in [-0.1, -0.05) is 194 Å². The Balaban J connectivity index is 1.40. The topological polar surface area (TPSA) is 0 Å². The second-order valence-corrected chi connectivity index (χ2v) is 14.4.